The standard InChI is InChI=1S/C11H20N2O4/c1-7-4-3-5-8(2)13(7)11(17)12-6-9(14)10(15)16/h7-9,14H,3-6H2,1-2H3,(H,12,17)(H,15,16). The third-order valence-corrected chi connectivity index (χ3v) is 3.16. The fourth-order valence-electron chi connectivity index (χ4n) is 2.18. The lowest BCUT2D eigenvalue weighted by Crippen LogP contribution is -2.53. The van der Waals surface area contributed by atoms with Gasteiger partial charge in [0.25, 0.3) is 0 Å². The van der Waals surface area contributed by atoms with E-state index in [1.54, 1.807) is 4.90 Å². The monoisotopic (exact) mass is 244 g/mol. The number of carboxylic acids is 1. The molecule has 98 valence electrons. The molecule has 3 unspecified atom stereocenters. The summed E-state index contributed by atoms with van der Waals surface area (Å²) in [7, 11) is 0. The number of carbonyl (C=O) groups is 2. The van der Waals surface area contributed by atoms with Crippen LogP contribution in [0.4, 0.5) is 4.79 Å². The number of aliphatic hydroxyl groups is 1. The van der Waals surface area contributed by atoms with Crippen molar-refractivity contribution in [2.75, 3.05) is 6.54 Å². The molecule has 0 spiro atoms. The van der Waals surface area contributed by atoms with E-state index in [0.717, 1.165) is 19.3 Å². The highest BCUT2D eigenvalue weighted by Crippen LogP contribution is 2.22. The zero-order chi connectivity index (χ0) is 13.0. The average molecular weight is 244 g/mol. The number of nitrogens with zero attached hydrogens (tertiary/aromatic N) is 1. The molecule has 1 fully saturated rings. The molecule has 1 aliphatic rings. The Morgan fingerprint density at radius 2 is 1.88 bits per heavy atom. The first-order valence-electron chi connectivity index (χ1n) is 5.90. The smallest absolute Gasteiger partial charge is 0.334 e. The maximum atomic E-state index is 11.9. The van der Waals surface area contributed by atoms with Crippen molar-refractivity contribution < 1.29 is 19.8 Å². The minimum Gasteiger partial charge on any atom is -0.479 e. The van der Waals surface area contributed by atoms with E-state index in [0.29, 0.717) is 0 Å². The first-order valence-corrected chi connectivity index (χ1v) is 5.90. The van der Waals surface area contributed by atoms with Crippen LogP contribution in [0.3, 0.4) is 0 Å². The highest BCUT2D eigenvalue weighted by atomic mass is 16.4. The van der Waals surface area contributed by atoms with Gasteiger partial charge in [-0.1, -0.05) is 0 Å². The van der Waals surface area contributed by atoms with Gasteiger partial charge >= 0.3 is 12.0 Å². The van der Waals surface area contributed by atoms with Crippen molar-refractivity contribution in [3.8, 4) is 0 Å². The van der Waals surface area contributed by atoms with Gasteiger partial charge in [0.15, 0.2) is 6.10 Å². The number of hydrogen-bond donors (Lipinski definition) is 3. The molecule has 0 aliphatic carbocycles. The van der Waals surface area contributed by atoms with E-state index in [9.17, 15) is 9.59 Å². The van der Waals surface area contributed by atoms with Crippen LogP contribution in [0.2, 0.25) is 0 Å². The Labute approximate surface area is 101 Å². The van der Waals surface area contributed by atoms with Gasteiger partial charge in [-0.15, -0.1) is 0 Å². The summed E-state index contributed by atoms with van der Waals surface area (Å²) in [5.41, 5.74) is 0. The molecular formula is C11H20N2O4. The largest absolute Gasteiger partial charge is 0.479 e. The van der Waals surface area contributed by atoms with Crippen LogP contribution < -0.4 is 5.32 Å². The second-order valence-electron chi connectivity index (χ2n) is 4.58. The van der Waals surface area contributed by atoms with Crippen LogP contribution in [0.25, 0.3) is 0 Å². The minimum atomic E-state index is -1.55. The second-order valence-corrected chi connectivity index (χ2v) is 4.58. The molecule has 1 aliphatic heterocycles. The maximum Gasteiger partial charge on any atom is 0.334 e. The summed E-state index contributed by atoms with van der Waals surface area (Å²) in [6.45, 7) is 3.69. The van der Waals surface area contributed by atoms with E-state index >= 15 is 0 Å². The molecule has 0 aromatic heterocycles. The molecule has 17 heavy (non-hydrogen) atoms. The number of hydrogen-bond acceptors (Lipinski definition) is 3. The summed E-state index contributed by atoms with van der Waals surface area (Å²) in [6, 6.07) is 0.00596. The number of rotatable bonds is 3. The summed E-state index contributed by atoms with van der Waals surface area (Å²) in [6.07, 6.45) is 1.47. The van der Waals surface area contributed by atoms with Gasteiger partial charge in [-0.25, -0.2) is 9.59 Å². The van der Waals surface area contributed by atoms with E-state index in [4.69, 9.17) is 10.2 Å². The molecule has 1 heterocycles. The van der Waals surface area contributed by atoms with E-state index in [1.165, 1.54) is 0 Å². The zero-order valence-electron chi connectivity index (χ0n) is 10.2. The van der Waals surface area contributed by atoms with E-state index < -0.39 is 12.1 Å². The summed E-state index contributed by atoms with van der Waals surface area (Å²) >= 11 is 0. The maximum absolute atomic E-state index is 11.9. The quantitative estimate of drug-likeness (QED) is 0.670. The number of urea groups is 1. The Hall–Kier alpha value is -1.30. The van der Waals surface area contributed by atoms with Crippen molar-refractivity contribution in [2.45, 2.75) is 51.3 Å². The van der Waals surface area contributed by atoms with Gasteiger partial charge < -0.3 is 20.4 Å². The number of likely N-dealkylation sites (tertiary alicyclic amines) is 1. The van der Waals surface area contributed by atoms with Gasteiger partial charge in [-0.3, -0.25) is 0 Å². The molecule has 3 atom stereocenters. The lowest BCUT2D eigenvalue weighted by atomic mass is 9.98. The number of carbonyl (C=O) groups excluding carboxylic acids is 1. The average Bonchev–Trinajstić information content (AvgIpc) is 2.25. The fraction of sp³-hybridized carbons (Fsp3) is 0.818. The van der Waals surface area contributed by atoms with Gasteiger partial charge in [0.05, 0.1) is 6.54 Å². The Kier molecular flexibility index (Phi) is 4.74. The SMILES string of the molecule is CC1CCCC(C)N1C(=O)NCC(O)C(=O)O. The molecule has 1 rings (SSSR count). The van der Waals surface area contributed by atoms with E-state index in [1.807, 2.05) is 13.8 Å². The van der Waals surface area contributed by atoms with E-state index in [-0.39, 0.29) is 24.7 Å². The van der Waals surface area contributed by atoms with Crippen molar-refractivity contribution in [2.24, 2.45) is 0 Å². The zero-order valence-corrected chi connectivity index (χ0v) is 10.2. The van der Waals surface area contributed by atoms with Crippen molar-refractivity contribution in [1.82, 2.24) is 10.2 Å². The molecule has 6 nitrogen and oxygen atoms in total. The van der Waals surface area contributed by atoms with Crippen LogP contribution in [-0.2, 0) is 4.79 Å². The topological polar surface area (TPSA) is 89.9 Å². The van der Waals surface area contributed by atoms with E-state index in [2.05, 4.69) is 5.32 Å². The summed E-state index contributed by atoms with van der Waals surface area (Å²) < 4.78 is 0. The van der Waals surface area contributed by atoms with Crippen molar-refractivity contribution in [3.63, 3.8) is 0 Å². The number of piperidine rings is 1. The van der Waals surface area contributed by atoms with Crippen LogP contribution in [0.1, 0.15) is 33.1 Å². The predicted molar refractivity (Wildman–Crippen MR) is 61.7 cm³/mol. The molecule has 0 aromatic rings. The van der Waals surface area contributed by atoms with Crippen LogP contribution in [0.5, 0.6) is 0 Å². The number of aliphatic carboxylic acids is 1. The normalized spacial score (nSPS) is 26.4. The highest BCUT2D eigenvalue weighted by molar-refractivity contribution is 5.77. The molecule has 2 amide bonds. The minimum absolute atomic E-state index is 0.153. The number of nitrogens with one attached hydrogen (secondary N) is 1. The number of amides is 2. The van der Waals surface area contributed by atoms with Gasteiger partial charge in [0, 0.05) is 12.1 Å². The summed E-state index contributed by atoms with van der Waals surface area (Å²) in [5, 5.41) is 20.0. The fourth-order valence-corrected chi connectivity index (χ4v) is 2.18. The number of carboxylic acid groups (broad SMARTS) is 1. The Morgan fingerprint density at radius 1 is 1.35 bits per heavy atom. The van der Waals surface area contributed by atoms with Crippen molar-refractivity contribution in [3.05, 3.63) is 0 Å². The second kappa shape index (κ2) is 5.86. The van der Waals surface area contributed by atoms with Crippen molar-refractivity contribution in [1.29, 1.82) is 0 Å². The highest BCUT2D eigenvalue weighted by Gasteiger charge is 2.29. The Morgan fingerprint density at radius 3 is 2.35 bits per heavy atom. The summed E-state index contributed by atoms with van der Waals surface area (Å²) in [5.74, 6) is -1.33. The predicted octanol–water partition coefficient (Wildman–Crippen LogP) is 0.404. The Bertz CT molecular complexity index is 285. The lowest BCUT2D eigenvalue weighted by Gasteiger charge is -2.39. The molecule has 0 aromatic carbocycles. The van der Waals surface area contributed by atoms with Gasteiger partial charge in [-0.2, -0.15) is 0 Å². The molecule has 6 heteroatoms. The molecule has 0 saturated carbocycles. The molecule has 0 bridgehead atoms. The first-order chi connectivity index (χ1) is 7.93. The first kappa shape index (κ1) is 13.8. The Balaban J connectivity index is 2.48. The lowest BCUT2D eigenvalue weighted by molar-refractivity contribution is -0.146. The van der Waals surface area contributed by atoms with Gasteiger partial charge in [0.1, 0.15) is 0 Å². The summed E-state index contributed by atoms with van der Waals surface area (Å²) in [4.78, 5) is 24.0. The molecule has 0 radical (unpaired) electrons. The number of aliphatic hydroxyl groups excluding tert-OH is 1. The van der Waals surface area contributed by atoms with Gasteiger partial charge in [-0.05, 0) is 33.1 Å². The molecule has 3 N–H and O–H groups in total. The van der Waals surface area contributed by atoms with Crippen LogP contribution >= 0.6 is 0 Å². The van der Waals surface area contributed by atoms with Crippen LogP contribution in [0, 0.1) is 0 Å². The van der Waals surface area contributed by atoms with Gasteiger partial charge in [0.2, 0.25) is 0 Å². The third-order valence-electron chi connectivity index (χ3n) is 3.16. The van der Waals surface area contributed by atoms with Crippen LogP contribution in [-0.4, -0.2) is 51.8 Å². The molecular weight excluding hydrogens is 224 g/mol. The molecule has 1 saturated heterocycles. The third kappa shape index (κ3) is 3.59. The van der Waals surface area contributed by atoms with Crippen molar-refractivity contribution >= 4 is 12.0 Å². The van der Waals surface area contributed by atoms with Crippen LogP contribution in [0.15, 0.2) is 0 Å².